The Kier molecular flexibility index (Phi) is 8.90. The molecule has 2 heterocycles. The number of terminal acetylenes is 1. The van der Waals surface area contributed by atoms with Gasteiger partial charge < -0.3 is 14.6 Å². The number of hydrogen-bond donors (Lipinski definition) is 1. The molecule has 11 heteroatoms. The van der Waals surface area contributed by atoms with E-state index in [2.05, 4.69) is 21.2 Å². The zero-order valence-corrected chi connectivity index (χ0v) is 22.3. The van der Waals surface area contributed by atoms with E-state index in [1.165, 1.54) is 22.7 Å². The summed E-state index contributed by atoms with van der Waals surface area (Å²) in [6, 6.07) is 14.8. The molecule has 188 valence electrons. The van der Waals surface area contributed by atoms with Crippen LogP contribution in [0.1, 0.15) is 17.3 Å². The van der Waals surface area contributed by atoms with Crippen molar-refractivity contribution < 1.29 is 19.1 Å². The third kappa shape index (κ3) is 6.74. The van der Waals surface area contributed by atoms with Crippen LogP contribution in [-0.4, -0.2) is 45.4 Å². The number of ether oxygens (including phenoxy) is 1. The average molecular weight is 551 g/mol. The molecule has 0 aliphatic rings. The average Bonchev–Trinajstić information content (AvgIpc) is 3.49. The fraction of sp³-hybridized carbons (Fsp3) is 0.192. The molecule has 2 amide bonds. The van der Waals surface area contributed by atoms with E-state index in [0.717, 1.165) is 33.2 Å². The van der Waals surface area contributed by atoms with Gasteiger partial charge in [-0.1, -0.05) is 47.6 Å². The number of amides is 2. The Hall–Kier alpha value is -3.72. The van der Waals surface area contributed by atoms with Gasteiger partial charge in [-0.15, -0.1) is 29.5 Å². The Bertz CT molecular complexity index is 1550. The predicted molar refractivity (Wildman–Crippen MR) is 149 cm³/mol. The minimum atomic E-state index is -0.417. The first-order valence-electron chi connectivity index (χ1n) is 11.2. The van der Waals surface area contributed by atoms with Crippen molar-refractivity contribution in [1.82, 2.24) is 9.55 Å². The summed E-state index contributed by atoms with van der Waals surface area (Å²) in [6.07, 6.45) is 5.52. The summed E-state index contributed by atoms with van der Waals surface area (Å²) in [5.41, 5.74) is 2.95. The van der Waals surface area contributed by atoms with Crippen molar-refractivity contribution in [2.24, 2.45) is 4.99 Å². The summed E-state index contributed by atoms with van der Waals surface area (Å²) in [5, 5.41) is 5.15. The van der Waals surface area contributed by atoms with Gasteiger partial charge in [-0.05, 0) is 25.1 Å². The number of carbonyl (C=O) groups is 3. The predicted octanol–water partition coefficient (Wildman–Crippen LogP) is 4.44. The number of rotatable bonds is 9. The summed E-state index contributed by atoms with van der Waals surface area (Å²) < 4.78 is 7.57. The van der Waals surface area contributed by atoms with Gasteiger partial charge in [0.25, 0.3) is 5.91 Å². The molecule has 2 aromatic heterocycles. The van der Waals surface area contributed by atoms with Crippen molar-refractivity contribution in [2.75, 3.05) is 23.4 Å². The van der Waals surface area contributed by atoms with E-state index in [1.54, 1.807) is 29.7 Å². The van der Waals surface area contributed by atoms with Crippen LogP contribution in [-0.2, 0) is 20.9 Å². The molecule has 1 N–H and O–H groups in total. The Morgan fingerprint density at radius 3 is 2.76 bits per heavy atom. The van der Waals surface area contributed by atoms with E-state index in [1.807, 2.05) is 35.7 Å². The molecule has 0 bridgehead atoms. The highest BCUT2D eigenvalue weighted by molar-refractivity contribution is 8.00. The van der Waals surface area contributed by atoms with Crippen LogP contribution in [0.3, 0.4) is 0 Å². The molecule has 0 aliphatic carbocycles. The second-order valence-corrected chi connectivity index (χ2v) is 10.4. The fourth-order valence-electron chi connectivity index (χ4n) is 3.34. The molecule has 0 fully saturated rings. The highest BCUT2D eigenvalue weighted by Crippen LogP contribution is 2.25. The van der Waals surface area contributed by atoms with Crippen molar-refractivity contribution in [3.63, 3.8) is 0 Å². The molecule has 0 aliphatic heterocycles. The number of carbonyl (C=O) groups excluding carboxylic acids is 3. The molecule has 0 unspecified atom stereocenters. The summed E-state index contributed by atoms with van der Waals surface area (Å²) >= 11 is 3.77. The normalized spacial score (nSPS) is 11.3. The van der Waals surface area contributed by atoms with Gasteiger partial charge in [-0.3, -0.25) is 9.59 Å². The number of fused-ring (bicyclic) bond motifs is 1. The van der Waals surface area contributed by atoms with E-state index < -0.39 is 5.97 Å². The molecule has 37 heavy (non-hydrogen) atoms. The lowest BCUT2D eigenvalue weighted by atomic mass is 10.2. The zero-order chi connectivity index (χ0) is 26.2. The zero-order valence-electron chi connectivity index (χ0n) is 19.8. The molecule has 8 nitrogen and oxygen atoms in total. The number of anilines is 1. The van der Waals surface area contributed by atoms with Crippen molar-refractivity contribution in [3.8, 4) is 23.6 Å². The van der Waals surface area contributed by atoms with Crippen molar-refractivity contribution in [1.29, 1.82) is 0 Å². The summed E-state index contributed by atoms with van der Waals surface area (Å²) in [4.78, 5) is 46.0. The van der Waals surface area contributed by atoms with Gasteiger partial charge in [-0.2, -0.15) is 4.99 Å². The highest BCUT2D eigenvalue weighted by atomic mass is 32.2. The minimum Gasteiger partial charge on any atom is -0.462 e. The molecule has 0 saturated heterocycles. The van der Waals surface area contributed by atoms with Crippen LogP contribution in [0, 0.1) is 12.3 Å². The van der Waals surface area contributed by atoms with E-state index >= 15 is 0 Å². The van der Waals surface area contributed by atoms with Gasteiger partial charge >= 0.3 is 5.97 Å². The van der Waals surface area contributed by atoms with Gasteiger partial charge in [0.15, 0.2) is 9.93 Å². The van der Waals surface area contributed by atoms with E-state index in [9.17, 15) is 14.4 Å². The molecule has 0 radical (unpaired) electrons. The van der Waals surface area contributed by atoms with Gasteiger partial charge in [0.05, 0.1) is 46.1 Å². The molecule has 0 atom stereocenters. The van der Waals surface area contributed by atoms with E-state index in [4.69, 9.17) is 11.2 Å². The maximum absolute atomic E-state index is 12.5. The van der Waals surface area contributed by atoms with Crippen LogP contribution in [0.5, 0.6) is 0 Å². The molecule has 4 rings (SSSR count). The first-order chi connectivity index (χ1) is 18.0. The van der Waals surface area contributed by atoms with Crippen LogP contribution in [0.4, 0.5) is 5.13 Å². The summed E-state index contributed by atoms with van der Waals surface area (Å²) in [6.45, 7) is 2.24. The second kappa shape index (κ2) is 12.5. The highest BCUT2D eigenvalue weighted by Gasteiger charge is 2.13. The quantitative estimate of drug-likeness (QED) is 0.244. The second-order valence-electron chi connectivity index (χ2n) is 7.53. The fourth-order valence-corrected chi connectivity index (χ4v) is 5.76. The third-order valence-corrected chi connectivity index (χ3v) is 7.66. The monoisotopic (exact) mass is 550 g/mol. The lowest BCUT2D eigenvalue weighted by Crippen LogP contribution is -2.18. The SMILES string of the molecule is C#CCn1c(=NC(=O)CSCC(=O)Nc2nc(-c3ccccc3)cs2)sc2cc(C(=O)OCC)ccc21. The maximum Gasteiger partial charge on any atom is 0.338 e. The molecular weight excluding hydrogens is 529 g/mol. The largest absolute Gasteiger partial charge is 0.462 e. The minimum absolute atomic E-state index is 0.0267. The van der Waals surface area contributed by atoms with Crippen LogP contribution in [0.25, 0.3) is 21.5 Å². The van der Waals surface area contributed by atoms with Crippen molar-refractivity contribution in [3.05, 3.63) is 64.3 Å². The van der Waals surface area contributed by atoms with Crippen LogP contribution in [0.2, 0.25) is 0 Å². The van der Waals surface area contributed by atoms with Crippen molar-refractivity contribution in [2.45, 2.75) is 13.5 Å². The molecule has 2 aromatic carbocycles. The van der Waals surface area contributed by atoms with Crippen LogP contribution in [0.15, 0.2) is 58.9 Å². The Morgan fingerprint density at radius 2 is 2.00 bits per heavy atom. The first-order valence-corrected chi connectivity index (χ1v) is 14.0. The van der Waals surface area contributed by atoms with Crippen molar-refractivity contribution >= 4 is 67.6 Å². The Balaban J connectivity index is 1.38. The molecule has 0 spiro atoms. The smallest absolute Gasteiger partial charge is 0.338 e. The Morgan fingerprint density at radius 1 is 1.19 bits per heavy atom. The number of aromatic nitrogens is 2. The Labute approximate surface area is 225 Å². The molecular formula is C26H22N4O4S3. The van der Waals surface area contributed by atoms with Gasteiger partial charge in [0, 0.05) is 10.9 Å². The lowest BCUT2D eigenvalue weighted by molar-refractivity contribution is -0.115. The first kappa shape index (κ1) is 26.3. The standard InChI is InChI=1S/C26H22N4O4S3/c1-3-12-30-20-11-10-18(24(33)34-4-2)13-21(20)37-26(30)29-23(32)16-35-15-22(31)28-25-27-19(14-36-25)17-8-6-5-7-9-17/h1,5-11,13-14H,4,12,15-16H2,2H3,(H,27,28,31). The number of nitrogens with one attached hydrogen (secondary N) is 1. The number of nitrogens with zero attached hydrogens (tertiary/aromatic N) is 3. The van der Waals surface area contributed by atoms with E-state index in [0.29, 0.717) is 15.5 Å². The lowest BCUT2D eigenvalue weighted by Gasteiger charge is -2.03. The van der Waals surface area contributed by atoms with E-state index in [-0.39, 0.29) is 36.5 Å². The number of thioether (sulfide) groups is 1. The summed E-state index contributed by atoms with van der Waals surface area (Å²) in [5.74, 6) is 1.63. The number of thiazole rings is 2. The molecule has 0 saturated carbocycles. The van der Waals surface area contributed by atoms with Gasteiger partial charge in [0.1, 0.15) is 0 Å². The van der Waals surface area contributed by atoms with Crippen LogP contribution >= 0.6 is 34.4 Å². The number of benzene rings is 2. The topological polar surface area (TPSA) is 103 Å². The van der Waals surface area contributed by atoms with Crippen LogP contribution < -0.4 is 10.1 Å². The number of esters is 1. The third-order valence-electron chi connectivity index (χ3n) is 4.94. The summed E-state index contributed by atoms with van der Waals surface area (Å²) in [7, 11) is 0. The van der Waals surface area contributed by atoms with Gasteiger partial charge in [0.2, 0.25) is 5.91 Å². The maximum atomic E-state index is 12.5. The molecule has 4 aromatic rings. The van der Waals surface area contributed by atoms with Gasteiger partial charge in [-0.25, -0.2) is 9.78 Å². The number of hydrogen-bond acceptors (Lipinski definition) is 8.